The van der Waals surface area contributed by atoms with Gasteiger partial charge in [-0.1, -0.05) is 0 Å². The number of amides is 4. The Balaban J connectivity index is 0.000000263. The summed E-state index contributed by atoms with van der Waals surface area (Å²) < 4.78 is 66.3. The van der Waals surface area contributed by atoms with Crippen molar-refractivity contribution in [1.82, 2.24) is 30.6 Å². The molecule has 6 rings (SSSR count). The van der Waals surface area contributed by atoms with Crippen LogP contribution in [0.2, 0.25) is 0 Å². The molecule has 0 aliphatic carbocycles. The Labute approximate surface area is 403 Å². The summed E-state index contributed by atoms with van der Waals surface area (Å²) in [6.45, 7) is 0. The highest BCUT2D eigenvalue weighted by atomic mass is 79.9. The lowest BCUT2D eigenvalue weighted by Gasteiger charge is -2.16. The lowest BCUT2D eigenvalue weighted by Crippen LogP contribution is -2.35. The standard InChI is InChI=1S/C13H13FN6O4.C12H11FN6O4.C7H5BrFNO2.C7H7FN2O2/c1-24-12(22)9-6(14)2-5(4-17-9)18-13(23)20-10-7(21)3-8(15)19-11(10)16;13-5-1-4(3-16-8(5)11(21)22)17-12(23)19-9-6(20)2-7(14)18-10(9)15;1-12-7(11)6-5(9)2-4(8)3-10-6;1-12-7(11)6-5(8)2-4(9)3-10-6/h2,4,21H,3H2,1H3,(H3,15,16,19)(H2,18,20,23);1,3,20H,2H2,(H,21,22)(H3,14,15,18)(H2,17,19,23);2-3H,1H3;2-3H,9H2,1H3. The molecule has 32 heteroatoms. The van der Waals surface area contributed by atoms with Crippen molar-refractivity contribution in [2.45, 2.75) is 12.8 Å². The average molecular weight is 1060 g/mol. The molecule has 0 aromatic carbocycles. The molecule has 27 nitrogen and oxygen atoms in total. The second-order valence-corrected chi connectivity index (χ2v) is 13.9. The number of carboxylic acid groups (broad SMARTS) is 1. The molecule has 374 valence electrons. The first kappa shape index (κ1) is 55.7. The molecule has 15 N–H and O–H groups in total. The third-order valence-electron chi connectivity index (χ3n) is 7.94. The number of carboxylic acids is 1. The molecule has 0 bridgehead atoms. The van der Waals surface area contributed by atoms with E-state index >= 15 is 0 Å². The molecule has 0 unspecified atom stereocenters. The summed E-state index contributed by atoms with van der Waals surface area (Å²) >= 11 is 3.01. The van der Waals surface area contributed by atoms with E-state index in [4.69, 9.17) is 33.1 Å². The number of rotatable bonds is 8. The number of pyridine rings is 4. The quantitative estimate of drug-likeness (QED) is 0.0682. The van der Waals surface area contributed by atoms with Crippen LogP contribution in [0.4, 0.5) is 44.2 Å². The van der Waals surface area contributed by atoms with E-state index in [2.05, 4.69) is 81.3 Å². The van der Waals surface area contributed by atoms with Crippen molar-refractivity contribution >= 4 is 92.3 Å². The van der Waals surface area contributed by atoms with Gasteiger partial charge in [0.1, 0.15) is 34.6 Å². The number of nitrogens with two attached hydrogens (primary N) is 3. The van der Waals surface area contributed by atoms with E-state index in [1.165, 1.54) is 19.5 Å². The largest absolute Gasteiger partial charge is 0.510 e. The van der Waals surface area contributed by atoms with Gasteiger partial charge in [-0.2, -0.15) is 0 Å². The van der Waals surface area contributed by atoms with Gasteiger partial charge >= 0.3 is 35.9 Å². The summed E-state index contributed by atoms with van der Waals surface area (Å²) in [6.07, 6.45) is 4.28. The van der Waals surface area contributed by atoms with Crippen molar-refractivity contribution in [2.75, 3.05) is 37.7 Å². The molecular formula is C39H36BrF4N15O12. The van der Waals surface area contributed by atoms with Crippen LogP contribution in [0.15, 0.2) is 86.4 Å². The highest BCUT2D eigenvalue weighted by Crippen LogP contribution is 2.17. The molecule has 6 heterocycles. The van der Waals surface area contributed by atoms with Crippen LogP contribution in [0.5, 0.6) is 0 Å². The predicted octanol–water partition coefficient (Wildman–Crippen LogP) is 3.54. The van der Waals surface area contributed by atoms with Crippen molar-refractivity contribution in [1.29, 1.82) is 10.8 Å². The van der Waals surface area contributed by atoms with E-state index in [0.29, 0.717) is 4.47 Å². The van der Waals surface area contributed by atoms with E-state index in [-0.39, 0.29) is 75.9 Å². The number of anilines is 3. The van der Waals surface area contributed by atoms with E-state index in [9.17, 15) is 56.5 Å². The first-order valence-corrected chi connectivity index (χ1v) is 19.5. The number of ether oxygens (including phenoxy) is 3. The van der Waals surface area contributed by atoms with Gasteiger partial charge < -0.3 is 68.0 Å². The number of aliphatic hydroxyl groups is 2. The molecule has 2 aliphatic heterocycles. The van der Waals surface area contributed by atoms with Crippen LogP contribution in [0.3, 0.4) is 0 Å². The van der Waals surface area contributed by atoms with Crippen LogP contribution in [0.25, 0.3) is 0 Å². The highest BCUT2D eigenvalue weighted by Gasteiger charge is 2.23. The number of aromatic nitrogens is 4. The van der Waals surface area contributed by atoms with E-state index < -0.39 is 82.3 Å². The maximum atomic E-state index is 13.7. The number of nitrogens with zero attached hydrogens (tertiary/aromatic N) is 6. The number of aromatic carboxylic acids is 1. The number of urea groups is 2. The summed E-state index contributed by atoms with van der Waals surface area (Å²) in [5.74, 6) is -9.14. The molecule has 0 saturated heterocycles. The number of hydrogen-bond donors (Lipinski definition) is 12. The number of carbonyl (C=O) groups is 6. The highest BCUT2D eigenvalue weighted by molar-refractivity contribution is 9.10. The number of aliphatic imine (C=N–C) groups is 2. The van der Waals surface area contributed by atoms with Crippen LogP contribution in [0.1, 0.15) is 54.8 Å². The molecule has 4 amide bonds. The molecule has 0 radical (unpaired) electrons. The third kappa shape index (κ3) is 16.3. The number of amidine groups is 4. The molecule has 0 atom stereocenters. The monoisotopic (exact) mass is 1060 g/mol. The third-order valence-corrected chi connectivity index (χ3v) is 8.38. The molecule has 0 spiro atoms. The minimum Gasteiger partial charge on any atom is -0.510 e. The van der Waals surface area contributed by atoms with E-state index in [0.717, 1.165) is 50.9 Å². The van der Waals surface area contributed by atoms with Crippen LogP contribution in [-0.4, -0.2) is 116 Å². The summed E-state index contributed by atoms with van der Waals surface area (Å²) in [6, 6.07) is 2.03. The van der Waals surface area contributed by atoms with Crippen molar-refractivity contribution in [2.24, 2.45) is 21.5 Å². The lowest BCUT2D eigenvalue weighted by atomic mass is 10.2. The van der Waals surface area contributed by atoms with Crippen LogP contribution < -0.4 is 38.5 Å². The van der Waals surface area contributed by atoms with Crippen molar-refractivity contribution in [3.05, 3.63) is 122 Å². The molecule has 71 heavy (non-hydrogen) atoms. The number of nitrogen functional groups attached to an aromatic ring is 1. The van der Waals surface area contributed by atoms with Crippen LogP contribution in [0, 0.1) is 34.1 Å². The Morgan fingerprint density at radius 1 is 0.577 bits per heavy atom. The number of dihydropyridines is 2. The molecule has 0 saturated carbocycles. The van der Waals surface area contributed by atoms with Gasteiger partial charge in [0.15, 0.2) is 57.7 Å². The number of methoxy groups -OCH3 is 3. The number of nitrogens with one attached hydrogen (secondary N) is 6. The van der Waals surface area contributed by atoms with Crippen molar-refractivity contribution in [3.63, 3.8) is 0 Å². The Bertz CT molecular complexity index is 2870. The van der Waals surface area contributed by atoms with E-state index in [1.54, 1.807) is 0 Å². The minimum atomic E-state index is -1.54. The molecule has 4 aromatic rings. The van der Waals surface area contributed by atoms with Gasteiger partial charge in [0, 0.05) is 28.9 Å². The fourth-order valence-corrected chi connectivity index (χ4v) is 5.17. The Morgan fingerprint density at radius 2 is 0.930 bits per heavy atom. The van der Waals surface area contributed by atoms with Gasteiger partial charge in [-0.3, -0.25) is 10.8 Å². The van der Waals surface area contributed by atoms with Gasteiger partial charge in [-0.25, -0.2) is 76.2 Å². The minimum absolute atomic E-state index is 0.0222. The van der Waals surface area contributed by atoms with Gasteiger partial charge in [0.05, 0.1) is 69.8 Å². The lowest BCUT2D eigenvalue weighted by molar-refractivity contribution is 0.0579. The summed E-state index contributed by atoms with van der Waals surface area (Å²) in [5, 5.41) is 51.9. The smallest absolute Gasteiger partial charge is 0.359 e. The Morgan fingerprint density at radius 3 is 1.27 bits per heavy atom. The fraction of sp³-hybridized carbons (Fsp3) is 0.128. The SMILES string of the molecule is COC(=O)c1ncc(Br)cc1F.COC(=O)c1ncc(N)cc1F.COC(=O)c1ncc(NC(=O)NC2=C(O)CC(N)=NC2=N)cc1F.N=C1N=C(N)CC(O)=C1NC(=O)Nc1cnc(C(=O)O)c(F)c1. The van der Waals surface area contributed by atoms with Gasteiger partial charge in [-0.15, -0.1) is 0 Å². The predicted molar refractivity (Wildman–Crippen MR) is 241 cm³/mol. The second-order valence-electron chi connectivity index (χ2n) is 13.0. The topological polar surface area (TPSA) is 441 Å². The number of aliphatic hydroxyl groups excluding tert-OH is 2. The summed E-state index contributed by atoms with van der Waals surface area (Å²) in [5.41, 5.74) is 13.6. The van der Waals surface area contributed by atoms with Crippen molar-refractivity contribution in [3.8, 4) is 0 Å². The summed E-state index contributed by atoms with van der Waals surface area (Å²) in [4.78, 5) is 88.2. The zero-order chi connectivity index (χ0) is 53.3. The number of carbonyl (C=O) groups excluding carboxylic acids is 5. The Hall–Kier alpha value is -9.62. The first-order chi connectivity index (χ1) is 33.4. The second kappa shape index (κ2) is 25.5. The molecule has 2 aliphatic rings. The maximum Gasteiger partial charge on any atom is 0.359 e. The van der Waals surface area contributed by atoms with E-state index in [1.807, 2.05) is 0 Å². The first-order valence-electron chi connectivity index (χ1n) is 18.7. The number of hydrogen-bond acceptors (Lipinski definition) is 20. The van der Waals surface area contributed by atoms with Crippen LogP contribution in [-0.2, 0) is 14.2 Å². The van der Waals surface area contributed by atoms with Gasteiger partial charge in [-0.05, 0) is 22.0 Å². The van der Waals surface area contributed by atoms with Gasteiger partial charge in [0.2, 0.25) is 0 Å². The molecule has 0 fully saturated rings. The maximum absolute atomic E-state index is 13.7. The molecular weight excluding hydrogens is 1030 g/mol. The summed E-state index contributed by atoms with van der Waals surface area (Å²) in [7, 11) is 3.41. The average Bonchev–Trinajstić information content (AvgIpc) is 3.28. The molecule has 4 aromatic heterocycles. The normalized spacial score (nSPS) is 12.6. The number of halogens is 5. The van der Waals surface area contributed by atoms with Gasteiger partial charge in [0.25, 0.3) is 0 Å². The van der Waals surface area contributed by atoms with Crippen LogP contribution >= 0.6 is 15.9 Å². The zero-order valence-electron chi connectivity index (χ0n) is 36.4. The Kier molecular flexibility index (Phi) is 20.0. The fourth-order valence-electron chi connectivity index (χ4n) is 4.86. The number of esters is 3. The van der Waals surface area contributed by atoms with Crippen molar-refractivity contribution < 1.29 is 75.9 Å². The zero-order valence-corrected chi connectivity index (χ0v) is 37.9.